The Kier molecular flexibility index (Phi) is 7.80. The highest BCUT2D eigenvalue weighted by Gasteiger charge is 2.39. The maximum Gasteiger partial charge on any atom is 0.245 e. The van der Waals surface area contributed by atoms with E-state index >= 15 is 4.39 Å². The first-order valence-corrected chi connectivity index (χ1v) is 15.1. The number of anilines is 4. The number of carbonyl (C=O) groups excluding carboxylic acids is 1. The van der Waals surface area contributed by atoms with Crippen LogP contribution in [0.25, 0.3) is 10.9 Å². The first-order valence-electron chi connectivity index (χ1n) is 15.1. The Morgan fingerprint density at radius 2 is 1.93 bits per heavy atom. The molecule has 2 bridgehead atoms. The van der Waals surface area contributed by atoms with Crippen molar-refractivity contribution in [1.82, 2.24) is 19.9 Å². The number of likely N-dealkylation sites (tertiary alicyclic amines) is 1. The van der Waals surface area contributed by atoms with Crippen LogP contribution in [-0.2, 0) is 9.53 Å². The molecular weight excluding hydrogens is 577 g/mol. The molecule has 1 amide bonds. The van der Waals surface area contributed by atoms with Gasteiger partial charge in [0.1, 0.15) is 41.0 Å². The maximum absolute atomic E-state index is 15.4. The number of amides is 1. The molecule has 2 atom stereocenters. The summed E-state index contributed by atoms with van der Waals surface area (Å²) in [6.07, 6.45) is 7.32. The van der Waals surface area contributed by atoms with Crippen LogP contribution in [0, 0.1) is 5.82 Å². The topological polar surface area (TPSA) is 114 Å². The molecule has 12 heteroatoms. The van der Waals surface area contributed by atoms with E-state index in [2.05, 4.69) is 37.1 Å². The molecule has 3 aliphatic rings. The number of ether oxygens (including phenoxy) is 3. The van der Waals surface area contributed by atoms with Gasteiger partial charge < -0.3 is 34.6 Å². The van der Waals surface area contributed by atoms with E-state index in [1.54, 1.807) is 36.4 Å². The Morgan fingerprint density at radius 1 is 1.09 bits per heavy atom. The van der Waals surface area contributed by atoms with Crippen molar-refractivity contribution in [1.29, 1.82) is 0 Å². The predicted molar refractivity (Wildman–Crippen MR) is 169 cm³/mol. The summed E-state index contributed by atoms with van der Waals surface area (Å²) in [5.41, 5.74) is 1.66. The van der Waals surface area contributed by atoms with Crippen molar-refractivity contribution in [2.45, 2.75) is 37.5 Å². The van der Waals surface area contributed by atoms with Crippen molar-refractivity contribution in [2.24, 2.45) is 0 Å². The van der Waals surface area contributed by atoms with E-state index in [1.165, 1.54) is 18.5 Å². The van der Waals surface area contributed by atoms with Gasteiger partial charge in [-0.15, -0.1) is 0 Å². The second-order valence-electron chi connectivity index (χ2n) is 11.5. The van der Waals surface area contributed by atoms with E-state index in [0.29, 0.717) is 59.7 Å². The third-order valence-electron chi connectivity index (χ3n) is 8.64. The van der Waals surface area contributed by atoms with Gasteiger partial charge in [0, 0.05) is 55.5 Å². The van der Waals surface area contributed by atoms with Crippen molar-refractivity contribution >= 4 is 39.8 Å². The monoisotopic (exact) mass is 611 g/mol. The number of benzene rings is 2. The Labute approximate surface area is 260 Å². The fourth-order valence-corrected chi connectivity index (χ4v) is 6.28. The Balaban J connectivity index is 1.07. The number of hydrogen-bond acceptors (Lipinski definition) is 10. The van der Waals surface area contributed by atoms with Gasteiger partial charge in [0.2, 0.25) is 5.91 Å². The second-order valence-corrected chi connectivity index (χ2v) is 11.5. The lowest BCUT2D eigenvalue weighted by molar-refractivity contribution is -0.126. The number of rotatable bonds is 9. The molecule has 0 radical (unpaired) electrons. The van der Waals surface area contributed by atoms with E-state index < -0.39 is 5.82 Å². The van der Waals surface area contributed by atoms with Crippen molar-refractivity contribution in [2.75, 3.05) is 48.9 Å². The minimum atomic E-state index is -0.491. The Morgan fingerprint density at radius 3 is 2.67 bits per heavy atom. The molecule has 2 aromatic heterocycles. The summed E-state index contributed by atoms with van der Waals surface area (Å²) in [5.74, 6) is 2.32. The third-order valence-corrected chi connectivity index (χ3v) is 8.64. The fourth-order valence-electron chi connectivity index (χ4n) is 6.28. The van der Waals surface area contributed by atoms with Crippen LogP contribution in [0.1, 0.15) is 19.3 Å². The van der Waals surface area contributed by atoms with Gasteiger partial charge in [0.25, 0.3) is 0 Å². The van der Waals surface area contributed by atoms with Crippen molar-refractivity contribution < 1.29 is 23.4 Å². The summed E-state index contributed by atoms with van der Waals surface area (Å²) < 4.78 is 32.8. The summed E-state index contributed by atoms with van der Waals surface area (Å²) in [6, 6.07) is 12.5. The molecule has 7 rings (SSSR count). The van der Waals surface area contributed by atoms with Crippen LogP contribution in [0.5, 0.6) is 17.2 Å². The van der Waals surface area contributed by atoms with Gasteiger partial charge in [-0.1, -0.05) is 6.58 Å². The Bertz CT molecular complexity index is 1750. The standard InChI is InChI=1S/C33H34FN7O4/c1-3-32(42)40-10-7-20(8-11-40)38-29-15-25-28(16-30(29)43-2)36-19-37-33(25)39-27-5-4-22(13-26(27)34)45-23-6-9-35-31(14-23)41-17-24-12-21(41)18-44-24/h3-6,9,13-16,19-21,24,38H,1,7-8,10-12,17-18H2,2H3,(H,36,37,39)/t21-,24-/m1/s1. The highest BCUT2D eigenvalue weighted by Crippen LogP contribution is 2.36. The summed E-state index contributed by atoms with van der Waals surface area (Å²) in [7, 11) is 1.61. The first kappa shape index (κ1) is 28.8. The van der Waals surface area contributed by atoms with Gasteiger partial charge in [0.05, 0.1) is 42.8 Å². The molecule has 0 aliphatic carbocycles. The van der Waals surface area contributed by atoms with Crippen LogP contribution in [-0.4, -0.2) is 77.3 Å². The molecule has 3 saturated heterocycles. The van der Waals surface area contributed by atoms with Crippen LogP contribution in [0.4, 0.5) is 27.4 Å². The van der Waals surface area contributed by atoms with Crippen LogP contribution >= 0.6 is 0 Å². The normalized spacial score (nSPS) is 19.5. The average molecular weight is 612 g/mol. The van der Waals surface area contributed by atoms with E-state index in [4.69, 9.17) is 14.2 Å². The van der Waals surface area contributed by atoms with Crippen molar-refractivity contribution in [3.05, 3.63) is 73.5 Å². The zero-order valence-electron chi connectivity index (χ0n) is 24.9. The van der Waals surface area contributed by atoms with Gasteiger partial charge in [-0.25, -0.2) is 19.3 Å². The molecule has 0 unspecified atom stereocenters. The smallest absolute Gasteiger partial charge is 0.245 e. The third kappa shape index (κ3) is 5.93. The predicted octanol–water partition coefficient (Wildman–Crippen LogP) is 5.27. The summed E-state index contributed by atoms with van der Waals surface area (Å²) in [4.78, 5) is 29.4. The largest absolute Gasteiger partial charge is 0.495 e. The lowest BCUT2D eigenvalue weighted by Gasteiger charge is -2.32. The molecule has 2 aromatic carbocycles. The number of nitrogens with zero attached hydrogens (tertiary/aromatic N) is 5. The number of pyridine rings is 1. The summed E-state index contributed by atoms with van der Waals surface area (Å²) >= 11 is 0. The molecule has 3 fully saturated rings. The Hall–Kier alpha value is -4.97. The molecule has 232 valence electrons. The summed E-state index contributed by atoms with van der Waals surface area (Å²) in [5, 5.41) is 7.38. The average Bonchev–Trinajstić information content (AvgIpc) is 3.71. The van der Waals surface area contributed by atoms with Crippen LogP contribution in [0.2, 0.25) is 0 Å². The molecule has 2 N–H and O–H groups in total. The molecule has 0 spiro atoms. The van der Waals surface area contributed by atoms with Gasteiger partial charge >= 0.3 is 0 Å². The molecular formula is C33H34FN7O4. The van der Waals surface area contributed by atoms with Gasteiger partial charge in [-0.2, -0.15) is 0 Å². The van der Waals surface area contributed by atoms with Crippen LogP contribution < -0.4 is 25.0 Å². The minimum Gasteiger partial charge on any atom is -0.495 e. The number of carbonyl (C=O) groups is 1. The fraction of sp³-hybridized carbons (Fsp3) is 0.333. The highest BCUT2D eigenvalue weighted by molar-refractivity contribution is 5.95. The van der Waals surface area contributed by atoms with Crippen LogP contribution in [0.3, 0.4) is 0 Å². The first-order chi connectivity index (χ1) is 22.0. The van der Waals surface area contributed by atoms with Crippen molar-refractivity contribution in [3.63, 3.8) is 0 Å². The molecule has 5 heterocycles. The quantitative estimate of drug-likeness (QED) is 0.243. The molecule has 45 heavy (non-hydrogen) atoms. The number of nitrogens with one attached hydrogen (secondary N) is 2. The van der Waals surface area contributed by atoms with E-state index in [0.717, 1.165) is 37.3 Å². The van der Waals surface area contributed by atoms with Crippen molar-refractivity contribution in [3.8, 4) is 17.2 Å². The zero-order chi connectivity index (χ0) is 30.9. The molecule has 11 nitrogen and oxygen atoms in total. The highest BCUT2D eigenvalue weighted by atomic mass is 19.1. The SMILES string of the molecule is C=CC(=O)N1CCC(Nc2cc3c(Nc4ccc(Oc5ccnc(N6C[C@H]7C[C@@H]6CO7)c5)cc4F)ncnc3cc2OC)CC1. The van der Waals surface area contributed by atoms with Gasteiger partial charge in [-0.05, 0) is 49.6 Å². The number of aromatic nitrogens is 3. The number of methoxy groups -OCH3 is 1. The number of fused-ring (bicyclic) bond motifs is 3. The van der Waals surface area contributed by atoms with Crippen LogP contribution in [0.15, 0.2) is 67.6 Å². The minimum absolute atomic E-state index is 0.0529. The summed E-state index contributed by atoms with van der Waals surface area (Å²) in [6.45, 7) is 6.40. The zero-order valence-corrected chi connectivity index (χ0v) is 24.9. The lowest BCUT2D eigenvalue weighted by atomic mass is 10.0. The van der Waals surface area contributed by atoms with E-state index in [1.807, 2.05) is 18.2 Å². The maximum atomic E-state index is 15.4. The molecule has 0 saturated carbocycles. The van der Waals surface area contributed by atoms with E-state index in [-0.39, 0.29) is 23.7 Å². The number of piperidine rings is 1. The lowest BCUT2D eigenvalue weighted by Crippen LogP contribution is -2.41. The second kappa shape index (κ2) is 12.2. The molecule has 4 aromatic rings. The van der Waals surface area contributed by atoms with Gasteiger partial charge in [0.15, 0.2) is 0 Å². The number of morpholine rings is 1. The number of hydrogen-bond donors (Lipinski definition) is 2. The van der Waals surface area contributed by atoms with Gasteiger partial charge in [-0.3, -0.25) is 4.79 Å². The molecule has 3 aliphatic heterocycles. The number of halogens is 1. The van der Waals surface area contributed by atoms with E-state index in [9.17, 15) is 4.79 Å².